The van der Waals surface area contributed by atoms with Crippen LogP contribution in [0.2, 0.25) is 0 Å². The predicted molar refractivity (Wildman–Crippen MR) is 68.0 cm³/mol. The van der Waals surface area contributed by atoms with Crippen molar-refractivity contribution in [1.29, 1.82) is 0 Å². The molecule has 1 heterocycles. The fourth-order valence-electron chi connectivity index (χ4n) is 1.59. The van der Waals surface area contributed by atoms with Crippen LogP contribution >= 0.6 is 0 Å². The molecule has 0 spiro atoms. The Kier molecular flexibility index (Phi) is 3.28. The maximum atomic E-state index is 11.9. The zero-order chi connectivity index (χ0) is 13.1. The molecule has 0 aliphatic heterocycles. The van der Waals surface area contributed by atoms with E-state index in [4.69, 9.17) is 4.42 Å². The molecule has 0 fully saturated rings. The first-order valence-electron chi connectivity index (χ1n) is 5.54. The molecule has 0 bridgehead atoms. The molecule has 4 heteroatoms. The lowest BCUT2D eigenvalue weighted by atomic mass is 10.1. The first-order chi connectivity index (χ1) is 8.60. The summed E-state index contributed by atoms with van der Waals surface area (Å²) in [5.74, 6) is -0.101. The maximum absolute atomic E-state index is 11.9. The van der Waals surface area contributed by atoms with Gasteiger partial charge in [0.1, 0.15) is 0 Å². The molecular formula is C14H13NO3. The number of aldehydes is 1. The Hall–Kier alpha value is -2.36. The molecule has 0 saturated heterocycles. The summed E-state index contributed by atoms with van der Waals surface area (Å²) in [6, 6.07) is 8.73. The Morgan fingerprint density at radius 3 is 2.67 bits per heavy atom. The summed E-state index contributed by atoms with van der Waals surface area (Å²) in [5.41, 5.74) is 2.77. The van der Waals surface area contributed by atoms with Gasteiger partial charge >= 0.3 is 0 Å². The lowest BCUT2D eigenvalue weighted by molar-refractivity contribution is 0.0992. The largest absolute Gasteiger partial charge is 0.448 e. The highest BCUT2D eigenvalue weighted by atomic mass is 16.4. The van der Waals surface area contributed by atoms with E-state index in [0.717, 1.165) is 16.8 Å². The Morgan fingerprint density at radius 1 is 1.22 bits per heavy atom. The van der Waals surface area contributed by atoms with E-state index in [-0.39, 0.29) is 17.4 Å². The summed E-state index contributed by atoms with van der Waals surface area (Å²) in [4.78, 5) is 22.4. The molecular weight excluding hydrogens is 230 g/mol. The second-order valence-electron chi connectivity index (χ2n) is 4.09. The van der Waals surface area contributed by atoms with Crippen molar-refractivity contribution >= 4 is 17.9 Å². The molecule has 1 aromatic carbocycles. The SMILES string of the molecule is Cc1ccc(C)c(NC(=O)c2ccc(C=O)o2)c1. The monoisotopic (exact) mass is 243 g/mol. The number of hydrogen-bond acceptors (Lipinski definition) is 3. The average Bonchev–Trinajstić information content (AvgIpc) is 2.82. The summed E-state index contributed by atoms with van der Waals surface area (Å²) in [5, 5.41) is 2.76. The van der Waals surface area contributed by atoms with Gasteiger partial charge in [0.05, 0.1) is 0 Å². The molecule has 0 aliphatic carbocycles. The van der Waals surface area contributed by atoms with Crippen LogP contribution in [-0.4, -0.2) is 12.2 Å². The third-order valence-electron chi connectivity index (χ3n) is 2.61. The number of hydrogen-bond donors (Lipinski definition) is 1. The molecule has 0 atom stereocenters. The average molecular weight is 243 g/mol. The predicted octanol–water partition coefficient (Wildman–Crippen LogP) is 2.96. The topological polar surface area (TPSA) is 59.3 Å². The van der Waals surface area contributed by atoms with Crippen molar-refractivity contribution in [3.8, 4) is 0 Å². The summed E-state index contributed by atoms with van der Waals surface area (Å²) in [7, 11) is 0. The minimum absolute atomic E-state index is 0.123. The highest BCUT2D eigenvalue weighted by molar-refractivity contribution is 6.03. The second-order valence-corrected chi connectivity index (χ2v) is 4.09. The number of anilines is 1. The fraction of sp³-hybridized carbons (Fsp3) is 0.143. The maximum Gasteiger partial charge on any atom is 0.291 e. The standard InChI is InChI=1S/C14H13NO3/c1-9-3-4-10(2)12(7-9)15-14(17)13-6-5-11(8-16)18-13/h3-8H,1-2H3,(H,15,17). The van der Waals surface area contributed by atoms with Crippen molar-refractivity contribution in [2.45, 2.75) is 13.8 Å². The molecule has 0 saturated carbocycles. The van der Waals surface area contributed by atoms with Gasteiger partial charge in [0.15, 0.2) is 17.8 Å². The number of nitrogens with one attached hydrogen (secondary N) is 1. The van der Waals surface area contributed by atoms with Gasteiger partial charge in [-0.2, -0.15) is 0 Å². The van der Waals surface area contributed by atoms with E-state index in [1.807, 2.05) is 32.0 Å². The van der Waals surface area contributed by atoms with Gasteiger partial charge in [0.25, 0.3) is 5.91 Å². The minimum Gasteiger partial charge on any atom is -0.448 e. The van der Waals surface area contributed by atoms with Crippen LogP contribution in [0, 0.1) is 13.8 Å². The van der Waals surface area contributed by atoms with E-state index in [2.05, 4.69) is 5.32 Å². The molecule has 18 heavy (non-hydrogen) atoms. The lowest BCUT2D eigenvalue weighted by Crippen LogP contribution is -2.11. The zero-order valence-corrected chi connectivity index (χ0v) is 10.2. The highest BCUT2D eigenvalue weighted by Gasteiger charge is 2.12. The number of rotatable bonds is 3. The van der Waals surface area contributed by atoms with Crippen molar-refractivity contribution in [3.63, 3.8) is 0 Å². The third kappa shape index (κ3) is 2.48. The Balaban J connectivity index is 2.20. The van der Waals surface area contributed by atoms with Crippen molar-refractivity contribution < 1.29 is 14.0 Å². The van der Waals surface area contributed by atoms with Crippen molar-refractivity contribution in [3.05, 3.63) is 53.0 Å². The molecule has 92 valence electrons. The molecule has 2 rings (SSSR count). The quantitative estimate of drug-likeness (QED) is 0.843. The lowest BCUT2D eigenvalue weighted by Gasteiger charge is -2.07. The van der Waals surface area contributed by atoms with Crippen LogP contribution in [0.1, 0.15) is 32.2 Å². The van der Waals surface area contributed by atoms with Crippen LogP contribution in [0.15, 0.2) is 34.7 Å². The van der Waals surface area contributed by atoms with Crippen LogP contribution in [0.4, 0.5) is 5.69 Å². The smallest absolute Gasteiger partial charge is 0.291 e. The normalized spacial score (nSPS) is 10.1. The molecule has 1 amide bonds. The zero-order valence-electron chi connectivity index (χ0n) is 10.2. The first-order valence-corrected chi connectivity index (χ1v) is 5.54. The molecule has 1 aromatic heterocycles. The van der Waals surface area contributed by atoms with Gasteiger partial charge in [-0.3, -0.25) is 9.59 Å². The number of furan rings is 1. The second kappa shape index (κ2) is 4.87. The van der Waals surface area contributed by atoms with Gasteiger partial charge in [-0.15, -0.1) is 0 Å². The van der Waals surface area contributed by atoms with Crippen LogP contribution in [0.5, 0.6) is 0 Å². The number of aryl methyl sites for hydroxylation is 2. The summed E-state index contributed by atoms with van der Waals surface area (Å²) in [6.07, 6.45) is 0.564. The Morgan fingerprint density at radius 2 is 2.00 bits per heavy atom. The van der Waals surface area contributed by atoms with Crippen LogP contribution in [-0.2, 0) is 0 Å². The summed E-state index contributed by atoms with van der Waals surface area (Å²) in [6.45, 7) is 3.86. The van der Waals surface area contributed by atoms with Crippen molar-refractivity contribution in [2.75, 3.05) is 5.32 Å². The first kappa shape index (κ1) is 12.1. The van der Waals surface area contributed by atoms with Gasteiger partial charge in [-0.25, -0.2) is 0 Å². The molecule has 0 radical (unpaired) electrons. The minimum atomic E-state index is -0.364. The number of amides is 1. The molecule has 4 nitrogen and oxygen atoms in total. The Bertz CT molecular complexity index is 599. The molecule has 2 aromatic rings. The molecule has 0 unspecified atom stereocenters. The van der Waals surface area contributed by atoms with E-state index in [1.54, 1.807) is 0 Å². The van der Waals surface area contributed by atoms with Gasteiger partial charge in [0.2, 0.25) is 0 Å². The number of carbonyl (C=O) groups is 2. The fourth-order valence-corrected chi connectivity index (χ4v) is 1.59. The van der Waals surface area contributed by atoms with Crippen LogP contribution in [0.25, 0.3) is 0 Å². The molecule has 1 N–H and O–H groups in total. The van der Waals surface area contributed by atoms with Crippen LogP contribution < -0.4 is 5.32 Å². The van der Waals surface area contributed by atoms with Gasteiger partial charge in [-0.05, 0) is 43.2 Å². The van der Waals surface area contributed by atoms with Crippen molar-refractivity contribution in [2.24, 2.45) is 0 Å². The number of benzene rings is 1. The third-order valence-corrected chi connectivity index (χ3v) is 2.61. The van der Waals surface area contributed by atoms with E-state index >= 15 is 0 Å². The Labute approximate surface area is 105 Å². The highest BCUT2D eigenvalue weighted by Crippen LogP contribution is 2.17. The van der Waals surface area contributed by atoms with E-state index < -0.39 is 0 Å². The summed E-state index contributed by atoms with van der Waals surface area (Å²) < 4.78 is 5.06. The number of carbonyl (C=O) groups excluding carboxylic acids is 2. The van der Waals surface area contributed by atoms with Gasteiger partial charge < -0.3 is 9.73 Å². The van der Waals surface area contributed by atoms with Crippen LogP contribution in [0.3, 0.4) is 0 Å². The summed E-state index contributed by atoms with van der Waals surface area (Å²) >= 11 is 0. The van der Waals surface area contributed by atoms with Gasteiger partial charge in [-0.1, -0.05) is 12.1 Å². The van der Waals surface area contributed by atoms with Gasteiger partial charge in [0, 0.05) is 5.69 Å². The van der Waals surface area contributed by atoms with E-state index in [9.17, 15) is 9.59 Å². The van der Waals surface area contributed by atoms with Crippen molar-refractivity contribution in [1.82, 2.24) is 0 Å². The van der Waals surface area contributed by atoms with E-state index in [0.29, 0.717) is 6.29 Å². The molecule has 0 aliphatic rings. The van der Waals surface area contributed by atoms with E-state index in [1.165, 1.54) is 12.1 Å².